The minimum absolute atomic E-state index is 0.208. The van der Waals surface area contributed by atoms with Crippen LogP contribution in [0.2, 0.25) is 5.02 Å². The second-order valence-electron chi connectivity index (χ2n) is 6.05. The summed E-state index contributed by atoms with van der Waals surface area (Å²) in [5.74, 6) is -1.94. The third-order valence-electron chi connectivity index (χ3n) is 2.65. The van der Waals surface area contributed by atoms with Gasteiger partial charge in [-0.3, -0.25) is 0 Å². The van der Waals surface area contributed by atoms with E-state index < -0.39 is 35.8 Å². The molecule has 1 atom stereocenters. The maximum Gasteiger partial charge on any atom is 0.573 e. The van der Waals surface area contributed by atoms with Crippen LogP contribution in [-0.4, -0.2) is 35.2 Å². The molecule has 1 unspecified atom stereocenters. The zero-order valence-corrected chi connectivity index (χ0v) is 14.4. The van der Waals surface area contributed by atoms with E-state index in [-0.39, 0.29) is 11.4 Å². The standard InChI is InChI=1S/C15H17ClF3NO5/c1-14(2,3)25-13(23)20-10(12(21)22)7-8-4-5-11(9(16)6-8)24-15(17,18)19/h4-6,10H,7H2,1-3H3,(H,20,23)(H,21,22). The van der Waals surface area contributed by atoms with Gasteiger partial charge in [-0.2, -0.15) is 0 Å². The van der Waals surface area contributed by atoms with E-state index in [2.05, 4.69) is 10.1 Å². The van der Waals surface area contributed by atoms with Crippen LogP contribution in [0.15, 0.2) is 18.2 Å². The van der Waals surface area contributed by atoms with Gasteiger partial charge in [0.2, 0.25) is 0 Å². The van der Waals surface area contributed by atoms with Gasteiger partial charge in [0, 0.05) is 6.42 Å². The molecule has 0 aliphatic heterocycles. The molecule has 2 N–H and O–H groups in total. The summed E-state index contributed by atoms with van der Waals surface area (Å²) in [5.41, 5.74) is -0.518. The fourth-order valence-corrected chi connectivity index (χ4v) is 2.01. The number of carboxylic acid groups (broad SMARTS) is 1. The lowest BCUT2D eigenvalue weighted by Crippen LogP contribution is -2.44. The molecule has 0 aliphatic rings. The summed E-state index contributed by atoms with van der Waals surface area (Å²) in [4.78, 5) is 22.9. The number of carbonyl (C=O) groups is 2. The summed E-state index contributed by atoms with van der Waals surface area (Å²) >= 11 is 5.71. The van der Waals surface area contributed by atoms with Gasteiger partial charge in [0.05, 0.1) is 5.02 Å². The molecule has 1 aromatic rings. The van der Waals surface area contributed by atoms with Crippen molar-refractivity contribution in [1.29, 1.82) is 0 Å². The molecule has 0 spiro atoms. The fourth-order valence-electron chi connectivity index (χ4n) is 1.76. The van der Waals surface area contributed by atoms with Gasteiger partial charge in [-0.05, 0) is 38.5 Å². The van der Waals surface area contributed by atoms with Gasteiger partial charge in [0.15, 0.2) is 0 Å². The number of carboxylic acids is 1. The summed E-state index contributed by atoms with van der Waals surface area (Å²) in [6.45, 7) is 4.84. The summed E-state index contributed by atoms with van der Waals surface area (Å²) in [6, 6.07) is 1.98. The molecule has 0 radical (unpaired) electrons. The lowest BCUT2D eigenvalue weighted by atomic mass is 10.1. The molecule has 10 heteroatoms. The first kappa shape index (κ1) is 20.9. The summed E-state index contributed by atoms with van der Waals surface area (Å²) < 4.78 is 45.3. The van der Waals surface area contributed by atoms with Crippen LogP contribution in [0.25, 0.3) is 0 Å². The third kappa shape index (κ3) is 7.97. The normalized spacial score (nSPS) is 13.1. The van der Waals surface area contributed by atoms with E-state index in [1.54, 1.807) is 20.8 Å². The maximum absolute atomic E-state index is 12.2. The van der Waals surface area contributed by atoms with Crippen LogP contribution in [-0.2, 0) is 16.0 Å². The molecular formula is C15H17ClF3NO5. The smallest absolute Gasteiger partial charge is 0.480 e. The van der Waals surface area contributed by atoms with E-state index in [0.29, 0.717) is 5.56 Å². The lowest BCUT2D eigenvalue weighted by Gasteiger charge is -2.22. The molecule has 0 heterocycles. The second kappa shape index (κ2) is 7.81. The Morgan fingerprint density at radius 1 is 1.28 bits per heavy atom. The SMILES string of the molecule is CC(C)(C)OC(=O)NC(Cc1ccc(OC(F)(F)F)c(Cl)c1)C(=O)O. The van der Waals surface area contributed by atoms with Crippen LogP contribution >= 0.6 is 11.6 Å². The zero-order chi connectivity index (χ0) is 19.4. The number of nitrogens with one attached hydrogen (secondary N) is 1. The molecule has 0 aliphatic carbocycles. The highest BCUT2D eigenvalue weighted by molar-refractivity contribution is 6.32. The van der Waals surface area contributed by atoms with Crippen molar-refractivity contribution in [1.82, 2.24) is 5.32 Å². The Morgan fingerprint density at radius 3 is 2.32 bits per heavy atom. The predicted molar refractivity (Wildman–Crippen MR) is 82.6 cm³/mol. The molecular weight excluding hydrogens is 367 g/mol. The first-order valence-electron chi connectivity index (χ1n) is 7.03. The number of alkyl halides is 3. The van der Waals surface area contributed by atoms with E-state index in [9.17, 15) is 27.9 Å². The number of hydrogen-bond acceptors (Lipinski definition) is 4. The van der Waals surface area contributed by atoms with E-state index in [1.165, 1.54) is 6.07 Å². The first-order chi connectivity index (χ1) is 11.3. The number of hydrogen-bond donors (Lipinski definition) is 2. The van der Waals surface area contributed by atoms with E-state index in [1.807, 2.05) is 0 Å². The highest BCUT2D eigenvalue weighted by Gasteiger charge is 2.32. The van der Waals surface area contributed by atoms with Crippen LogP contribution in [0.3, 0.4) is 0 Å². The van der Waals surface area contributed by atoms with E-state index >= 15 is 0 Å². The molecule has 140 valence electrons. The largest absolute Gasteiger partial charge is 0.573 e. The van der Waals surface area contributed by atoms with Gasteiger partial charge in [0.1, 0.15) is 17.4 Å². The lowest BCUT2D eigenvalue weighted by molar-refractivity contribution is -0.274. The predicted octanol–water partition coefficient (Wildman–Crippen LogP) is 3.76. The molecule has 0 saturated heterocycles. The Bertz CT molecular complexity index is 643. The first-order valence-corrected chi connectivity index (χ1v) is 7.41. The van der Waals surface area contributed by atoms with Gasteiger partial charge in [-0.25, -0.2) is 9.59 Å². The molecule has 1 rings (SSSR count). The number of halogens is 4. The fraction of sp³-hybridized carbons (Fsp3) is 0.467. The number of aliphatic carboxylic acids is 1. The minimum atomic E-state index is -4.90. The number of rotatable bonds is 5. The van der Waals surface area contributed by atoms with Gasteiger partial charge < -0.3 is 19.9 Å². The van der Waals surface area contributed by atoms with Crippen LogP contribution in [0, 0.1) is 0 Å². The number of carbonyl (C=O) groups excluding carboxylic acids is 1. The van der Waals surface area contributed by atoms with Crippen molar-refractivity contribution in [2.24, 2.45) is 0 Å². The Morgan fingerprint density at radius 2 is 1.88 bits per heavy atom. The Kier molecular flexibility index (Phi) is 6.53. The average Bonchev–Trinajstić information content (AvgIpc) is 2.37. The molecule has 1 amide bonds. The van der Waals surface area contributed by atoms with Crippen molar-refractivity contribution in [3.8, 4) is 5.75 Å². The molecule has 1 aromatic carbocycles. The van der Waals surface area contributed by atoms with Gasteiger partial charge >= 0.3 is 18.4 Å². The van der Waals surface area contributed by atoms with Crippen molar-refractivity contribution < 1.29 is 37.3 Å². The Labute approximate surface area is 146 Å². The van der Waals surface area contributed by atoms with Crippen LogP contribution in [0.5, 0.6) is 5.75 Å². The third-order valence-corrected chi connectivity index (χ3v) is 2.95. The van der Waals surface area contributed by atoms with Gasteiger partial charge in [0.25, 0.3) is 0 Å². The number of alkyl carbamates (subject to hydrolysis) is 1. The molecule has 0 saturated carbocycles. The Hall–Kier alpha value is -2.16. The van der Waals surface area contributed by atoms with Crippen molar-refractivity contribution in [2.75, 3.05) is 0 Å². The highest BCUT2D eigenvalue weighted by Crippen LogP contribution is 2.31. The van der Waals surface area contributed by atoms with Crippen molar-refractivity contribution in [3.05, 3.63) is 28.8 Å². The Balaban J connectivity index is 2.84. The summed E-state index contributed by atoms with van der Waals surface area (Å²) in [5, 5.41) is 11.0. The number of benzene rings is 1. The van der Waals surface area contributed by atoms with Crippen molar-refractivity contribution in [2.45, 2.75) is 45.2 Å². The average molecular weight is 384 g/mol. The quantitative estimate of drug-likeness (QED) is 0.808. The second-order valence-corrected chi connectivity index (χ2v) is 6.46. The molecule has 0 aromatic heterocycles. The van der Waals surface area contributed by atoms with E-state index in [0.717, 1.165) is 12.1 Å². The van der Waals surface area contributed by atoms with Crippen LogP contribution in [0.1, 0.15) is 26.3 Å². The van der Waals surface area contributed by atoms with E-state index in [4.69, 9.17) is 16.3 Å². The minimum Gasteiger partial charge on any atom is -0.480 e. The highest BCUT2D eigenvalue weighted by atomic mass is 35.5. The van der Waals surface area contributed by atoms with Gasteiger partial charge in [-0.1, -0.05) is 17.7 Å². The monoisotopic (exact) mass is 383 g/mol. The number of amides is 1. The van der Waals surface area contributed by atoms with Gasteiger partial charge in [-0.15, -0.1) is 13.2 Å². The summed E-state index contributed by atoms with van der Waals surface area (Å²) in [7, 11) is 0. The summed E-state index contributed by atoms with van der Waals surface area (Å²) in [6.07, 6.45) is -6.03. The van der Waals surface area contributed by atoms with Crippen LogP contribution in [0.4, 0.5) is 18.0 Å². The molecule has 25 heavy (non-hydrogen) atoms. The zero-order valence-electron chi connectivity index (χ0n) is 13.6. The number of ether oxygens (including phenoxy) is 2. The topological polar surface area (TPSA) is 84.9 Å². The van der Waals surface area contributed by atoms with Crippen LogP contribution < -0.4 is 10.1 Å². The molecule has 6 nitrogen and oxygen atoms in total. The van der Waals surface area contributed by atoms with Crippen molar-refractivity contribution in [3.63, 3.8) is 0 Å². The van der Waals surface area contributed by atoms with Crippen molar-refractivity contribution >= 4 is 23.7 Å². The molecule has 0 bridgehead atoms. The molecule has 0 fully saturated rings. The maximum atomic E-state index is 12.2.